The summed E-state index contributed by atoms with van der Waals surface area (Å²) < 4.78 is 0. The minimum atomic E-state index is -0.856. The summed E-state index contributed by atoms with van der Waals surface area (Å²) in [6.07, 6.45) is 0. The first kappa shape index (κ1) is 13.6. The molecule has 100 valence electrons. The second kappa shape index (κ2) is 5.45. The van der Waals surface area contributed by atoms with Gasteiger partial charge in [-0.05, 0) is 55.7 Å². The molecule has 1 aromatic heterocycles. The van der Waals surface area contributed by atoms with E-state index in [4.69, 9.17) is 5.11 Å². The van der Waals surface area contributed by atoms with Crippen LogP contribution in [0.4, 0.5) is 5.69 Å². The van der Waals surface area contributed by atoms with Crippen LogP contribution >= 0.6 is 11.3 Å². The molecule has 2 rings (SSSR count). The van der Waals surface area contributed by atoms with E-state index in [0.29, 0.717) is 11.4 Å². The predicted octanol–water partition coefficient (Wildman–Crippen LogP) is 3.98. The summed E-state index contributed by atoms with van der Waals surface area (Å²) >= 11 is 1.33. The maximum Gasteiger partial charge on any atom is 0.345 e. The smallest absolute Gasteiger partial charge is 0.345 e. The van der Waals surface area contributed by atoms with Gasteiger partial charge in [0.1, 0.15) is 4.88 Å². The van der Waals surface area contributed by atoms with E-state index in [9.17, 15) is 4.79 Å². The molecule has 0 unspecified atom stereocenters. The number of carboxylic acid groups (broad SMARTS) is 1. The fourth-order valence-corrected chi connectivity index (χ4v) is 2.79. The summed E-state index contributed by atoms with van der Waals surface area (Å²) in [6.45, 7) is 6.77. The van der Waals surface area contributed by atoms with Crippen molar-refractivity contribution in [3.63, 3.8) is 0 Å². The standard InChI is InChI=1S/C15H17NO2S/c1-9-4-5-12(6-10(9)2)16-8-14-11(3)7-13(19-14)15(17)18/h4-7,16H,8H2,1-3H3,(H,17,18). The molecule has 0 atom stereocenters. The summed E-state index contributed by atoms with van der Waals surface area (Å²) in [5, 5.41) is 12.3. The molecule has 0 aliphatic carbocycles. The van der Waals surface area contributed by atoms with Gasteiger partial charge in [-0.3, -0.25) is 0 Å². The third kappa shape index (κ3) is 3.15. The molecule has 2 N–H and O–H groups in total. The molecule has 3 nitrogen and oxygen atoms in total. The number of hydrogen-bond acceptors (Lipinski definition) is 3. The minimum absolute atomic E-state index is 0.398. The highest BCUT2D eigenvalue weighted by Crippen LogP contribution is 2.23. The molecule has 0 amide bonds. The summed E-state index contributed by atoms with van der Waals surface area (Å²) in [4.78, 5) is 12.4. The van der Waals surface area contributed by atoms with Gasteiger partial charge in [0.15, 0.2) is 0 Å². The Balaban J connectivity index is 2.09. The lowest BCUT2D eigenvalue weighted by Gasteiger charge is -2.08. The van der Waals surface area contributed by atoms with E-state index in [1.807, 2.05) is 13.0 Å². The summed E-state index contributed by atoms with van der Waals surface area (Å²) in [5.41, 5.74) is 4.61. The van der Waals surface area contributed by atoms with Gasteiger partial charge in [-0.2, -0.15) is 0 Å². The van der Waals surface area contributed by atoms with Crippen LogP contribution in [0.3, 0.4) is 0 Å². The molecule has 1 aromatic carbocycles. The van der Waals surface area contributed by atoms with E-state index in [2.05, 4.69) is 31.3 Å². The van der Waals surface area contributed by atoms with Crippen molar-refractivity contribution < 1.29 is 9.90 Å². The molecule has 0 aliphatic heterocycles. The SMILES string of the molecule is Cc1ccc(NCc2sc(C(=O)O)cc2C)cc1C. The number of benzene rings is 1. The van der Waals surface area contributed by atoms with Crippen LogP contribution in [0.2, 0.25) is 0 Å². The molecular formula is C15H17NO2S. The number of aryl methyl sites for hydroxylation is 3. The molecule has 2 aromatic rings. The Kier molecular flexibility index (Phi) is 3.90. The number of anilines is 1. The summed E-state index contributed by atoms with van der Waals surface area (Å²) in [6, 6.07) is 7.96. The number of hydrogen-bond donors (Lipinski definition) is 2. The van der Waals surface area contributed by atoms with Crippen molar-refractivity contribution in [3.05, 3.63) is 50.7 Å². The van der Waals surface area contributed by atoms with Crippen molar-refractivity contribution in [3.8, 4) is 0 Å². The van der Waals surface area contributed by atoms with E-state index in [-0.39, 0.29) is 0 Å². The highest BCUT2D eigenvalue weighted by atomic mass is 32.1. The second-order valence-corrected chi connectivity index (χ2v) is 5.81. The van der Waals surface area contributed by atoms with Crippen molar-refractivity contribution in [1.29, 1.82) is 0 Å². The number of nitrogens with one attached hydrogen (secondary N) is 1. The van der Waals surface area contributed by atoms with Crippen LogP contribution in [0.25, 0.3) is 0 Å². The zero-order valence-electron chi connectivity index (χ0n) is 11.3. The van der Waals surface area contributed by atoms with Gasteiger partial charge in [0.2, 0.25) is 0 Å². The van der Waals surface area contributed by atoms with Gasteiger partial charge in [0, 0.05) is 17.1 Å². The lowest BCUT2D eigenvalue weighted by Crippen LogP contribution is -1.99. The van der Waals surface area contributed by atoms with Crippen molar-refractivity contribution in [2.45, 2.75) is 27.3 Å². The Morgan fingerprint density at radius 2 is 1.89 bits per heavy atom. The quantitative estimate of drug-likeness (QED) is 0.887. The van der Waals surface area contributed by atoms with E-state index in [1.165, 1.54) is 22.5 Å². The number of carboxylic acids is 1. The Bertz CT molecular complexity index is 617. The number of aromatic carboxylic acids is 1. The van der Waals surface area contributed by atoms with Gasteiger partial charge in [-0.15, -0.1) is 11.3 Å². The zero-order chi connectivity index (χ0) is 14.0. The third-order valence-electron chi connectivity index (χ3n) is 3.19. The monoisotopic (exact) mass is 275 g/mol. The van der Waals surface area contributed by atoms with Gasteiger partial charge >= 0.3 is 5.97 Å². The fraction of sp³-hybridized carbons (Fsp3) is 0.267. The first-order valence-electron chi connectivity index (χ1n) is 6.11. The molecular weight excluding hydrogens is 258 g/mol. The zero-order valence-corrected chi connectivity index (χ0v) is 12.1. The normalized spacial score (nSPS) is 10.5. The Labute approximate surface area is 116 Å². The first-order chi connectivity index (χ1) is 8.97. The summed E-state index contributed by atoms with van der Waals surface area (Å²) in [7, 11) is 0. The molecule has 1 heterocycles. The minimum Gasteiger partial charge on any atom is -0.477 e. The molecule has 0 fully saturated rings. The first-order valence-corrected chi connectivity index (χ1v) is 6.92. The molecule has 0 saturated carbocycles. The predicted molar refractivity (Wildman–Crippen MR) is 79.3 cm³/mol. The van der Waals surface area contributed by atoms with Crippen LogP contribution in [0.1, 0.15) is 31.2 Å². The van der Waals surface area contributed by atoms with Crippen LogP contribution in [0, 0.1) is 20.8 Å². The van der Waals surface area contributed by atoms with Crippen LogP contribution in [0.15, 0.2) is 24.3 Å². The van der Waals surface area contributed by atoms with Gasteiger partial charge in [0.05, 0.1) is 0 Å². The topological polar surface area (TPSA) is 49.3 Å². The third-order valence-corrected chi connectivity index (χ3v) is 4.42. The lowest BCUT2D eigenvalue weighted by molar-refractivity contribution is 0.0702. The Morgan fingerprint density at radius 1 is 1.16 bits per heavy atom. The van der Waals surface area contributed by atoms with Crippen molar-refractivity contribution in [2.75, 3.05) is 5.32 Å². The molecule has 0 bridgehead atoms. The van der Waals surface area contributed by atoms with Gasteiger partial charge in [-0.1, -0.05) is 6.07 Å². The Morgan fingerprint density at radius 3 is 2.47 bits per heavy atom. The molecule has 0 spiro atoms. The van der Waals surface area contributed by atoms with Crippen molar-refractivity contribution in [2.24, 2.45) is 0 Å². The largest absolute Gasteiger partial charge is 0.477 e. The average Bonchev–Trinajstić information content (AvgIpc) is 2.73. The van der Waals surface area contributed by atoms with Gasteiger partial charge in [-0.25, -0.2) is 4.79 Å². The fourth-order valence-electron chi connectivity index (χ4n) is 1.83. The molecule has 0 radical (unpaired) electrons. The van der Waals surface area contributed by atoms with E-state index in [0.717, 1.165) is 16.1 Å². The highest BCUT2D eigenvalue weighted by molar-refractivity contribution is 7.14. The second-order valence-electron chi connectivity index (χ2n) is 4.67. The molecule has 19 heavy (non-hydrogen) atoms. The van der Waals surface area contributed by atoms with Crippen LogP contribution in [0.5, 0.6) is 0 Å². The number of rotatable bonds is 4. The maximum atomic E-state index is 10.9. The molecule has 0 saturated heterocycles. The lowest BCUT2D eigenvalue weighted by atomic mass is 10.1. The van der Waals surface area contributed by atoms with Gasteiger partial charge < -0.3 is 10.4 Å². The van der Waals surface area contributed by atoms with Crippen LogP contribution < -0.4 is 5.32 Å². The van der Waals surface area contributed by atoms with E-state index in [1.54, 1.807) is 6.07 Å². The average molecular weight is 275 g/mol. The van der Waals surface area contributed by atoms with Crippen molar-refractivity contribution in [1.82, 2.24) is 0 Å². The maximum absolute atomic E-state index is 10.9. The molecule has 4 heteroatoms. The van der Waals surface area contributed by atoms with Crippen LogP contribution in [-0.4, -0.2) is 11.1 Å². The number of carbonyl (C=O) groups is 1. The summed E-state index contributed by atoms with van der Waals surface area (Å²) in [5.74, 6) is -0.856. The van der Waals surface area contributed by atoms with Crippen LogP contribution in [-0.2, 0) is 6.54 Å². The highest BCUT2D eigenvalue weighted by Gasteiger charge is 2.10. The number of thiophene rings is 1. The molecule has 0 aliphatic rings. The Hall–Kier alpha value is -1.81. The van der Waals surface area contributed by atoms with E-state index >= 15 is 0 Å². The van der Waals surface area contributed by atoms with Crippen molar-refractivity contribution >= 4 is 23.0 Å². The van der Waals surface area contributed by atoms with Gasteiger partial charge in [0.25, 0.3) is 0 Å². The van der Waals surface area contributed by atoms with E-state index < -0.39 is 5.97 Å².